The minimum atomic E-state index is 0.483. The van der Waals surface area contributed by atoms with E-state index < -0.39 is 0 Å². The second-order valence-corrected chi connectivity index (χ2v) is 5.28. The third kappa shape index (κ3) is 2.35. The Morgan fingerprint density at radius 1 is 1.41 bits per heavy atom. The SMILES string of the molecule is Brc1ccc2nnn(CCOC3CCC3)c2c1. The van der Waals surface area contributed by atoms with Crippen LogP contribution in [0.5, 0.6) is 0 Å². The first kappa shape index (κ1) is 11.2. The van der Waals surface area contributed by atoms with Gasteiger partial charge in [0.05, 0.1) is 24.8 Å². The van der Waals surface area contributed by atoms with Crippen molar-refractivity contribution < 1.29 is 4.74 Å². The van der Waals surface area contributed by atoms with Gasteiger partial charge in [-0.05, 0) is 37.5 Å². The molecule has 1 saturated carbocycles. The Balaban J connectivity index is 1.69. The van der Waals surface area contributed by atoms with E-state index in [2.05, 4.69) is 26.2 Å². The van der Waals surface area contributed by atoms with Crippen LogP contribution in [-0.4, -0.2) is 27.7 Å². The normalized spacial score (nSPS) is 16.3. The topological polar surface area (TPSA) is 39.9 Å². The van der Waals surface area contributed by atoms with Gasteiger partial charge in [-0.3, -0.25) is 0 Å². The van der Waals surface area contributed by atoms with E-state index in [0.717, 1.165) is 28.7 Å². The van der Waals surface area contributed by atoms with E-state index in [9.17, 15) is 0 Å². The van der Waals surface area contributed by atoms with Gasteiger partial charge >= 0.3 is 0 Å². The third-order valence-electron chi connectivity index (χ3n) is 3.18. The van der Waals surface area contributed by atoms with Crippen LogP contribution in [0, 0.1) is 0 Å². The first-order chi connectivity index (χ1) is 8.33. The summed E-state index contributed by atoms with van der Waals surface area (Å²) in [5.41, 5.74) is 1.98. The molecule has 1 aliphatic rings. The number of ether oxygens (including phenoxy) is 1. The van der Waals surface area contributed by atoms with Gasteiger partial charge < -0.3 is 4.74 Å². The lowest BCUT2D eigenvalue weighted by Gasteiger charge is -2.25. The number of hydrogen-bond donors (Lipinski definition) is 0. The lowest BCUT2D eigenvalue weighted by Crippen LogP contribution is -2.23. The molecule has 1 heterocycles. The Bertz CT molecular complexity index is 521. The van der Waals surface area contributed by atoms with Gasteiger partial charge in [0, 0.05) is 4.47 Å². The minimum absolute atomic E-state index is 0.483. The van der Waals surface area contributed by atoms with E-state index in [-0.39, 0.29) is 0 Å². The van der Waals surface area contributed by atoms with E-state index in [0.29, 0.717) is 6.10 Å². The molecule has 1 aromatic heterocycles. The average molecular weight is 296 g/mol. The highest BCUT2D eigenvalue weighted by Gasteiger charge is 2.17. The lowest BCUT2D eigenvalue weighted by atomic mass is 9.96. The summed E-state index contributed by atoms with van der Waals surface area (Å²) < 4.78 is 8.68. The standard InChI is InChI=1S/C12H14BrN3O/c13-9-4-5-11-12(8-9)16(15-14-11)6-7-17-10-2-1-3-10/h4-5,8,10H,1-3,6-7H2. The number of halogens is 1. The fourth-order valence-electron chi connectivity index (χ4n) is 1.95. The van der Waals surface area contributed by atoms with Gasteiger partial charge in [0.25, 0.3) is 0 Å². The highest BCUT2D eigenvalue weighted by Crippen LogP contribution is 2.22. The van der Waals surface area contributed by atoms with E-state index in [4.69, 9.17) is 4.74 Å². The molecule has 4 nitrogen and oxygen atoms in total. The maximum Gasteiger partial charge on any atom is 0.113 e. The number of nitrogens with zero attached hydrogens (tertiary/aromatic N) is 3. The largest absolute Gasteiger partial charge is 0.376 e. The Morgan fingerprint density at radius 3 is 3.06 bits per heavy atom. The molecule has 0 N–H and O–H groups in total. The molecule has 1 fully saturated rings. The summed E-state index contributed by atoms with van der Waals surface area (Å²) in [4.78, 5) is 0. The van der Waals surface area contributed by atoms with Crippen LogP contribution in [0.4, 0.5) is 0 Å². The van der Waals surface area contributed by atoms with Crippen molar-refractivity contribution in [2.24, 2.45) is 0 Å². The molecule has 0 aliphatic heterocycles. The second-order valence-electron chi connectivity index (χ2n) is 4.37. The zero-order valence-electron chi connectivity index (χ0n) is 9.47. The zero-order valence-corrected chi connectivity index (χ0v) is 11.1. The van der Waals surface area contributed by atoms with E-state index >= 15 is 0 Å². The molecule has 1 aromatic carbocycles. The van der Waals surface area contributed by atoms with Crippen LogP contribution in [0.25, 0.3) is 11.0 Å². The van der Waals surface area contributed by atoms with Crippen LogP contribution in [-0.2, 0) is 11.3 Å². The molecular formula is C12H14BrN3O. The number of aromatic nitrogens is 3. The molecule has 0 saturated heterocycles. The van der Waals surface area contributed by atoms with Crippen molar-refractivity contribution in [1.29, 1.82) is 0 Å². The van der Waals surface area contributed by atoms with Gasteiger partial charge in [0.15, 0.2) is 0 Å². The summed E-state index contributed by atoms with van der Waals surface area (Å²) in [5, 5.41) is 8.27. The summed E-state index contributed by atoms with van der Waals surface area (Å²) in [6, 6.07) is 5.99. The zero-order chi connectivity index (χ0) is 11.7. The van der Waals surface area contributed by atoms with E-state index in [1.54, 1.807) is 0 Å². The van der Waals surface area contributed by atoms with Crippen molar-refractivity contribution in [3.63, 3.8) is 0 Å². The van der Waals surface area contributed by atoms with Gasteiger partial charge in [-0.2, -0.15) is 0 Å². The fourth-order valence-corrected chi connectivity index (χ4v) is 2.30. The molecule has 0 bridgehead atoms. The minimum Gasteiger partial charge on any atom is -0.376 e. The van der Waals surface area contributed by atoms with E-state index in [1.165, 1.54) is 19.3 Å². The molecule has 0 radical (unpaired) electrons. The molecule has 90 valence electrons. The van der Waals surface area contributed by atoms with Crippen LogP contribution in [0.15, 0.2) is 22.7 Å². The molecule has 0 atom stereocenters. The molecule has 17 heavy (non-hydrogen) atoms. The number of hydrogen-bond acceptors (Lipinski definition) is 3. The van der Waals surface area contributed by atoms with Crippen molar-refractivity contribution in [2.45, 2.75) is 31.9 Å². The summed E-state index contributed by atoms with van der Waals surface area (Å²) in [5.74, 6) is 0. The van der Waals surface area contributed by atoms with Crippen LogP contribution < -0.4 is 0 Å². The molecule has 0 amide bonds. The summed E-state index contributed by atoms with van der Waals surface area (Å²) in [6.45, 7) is 1.49. The predicted octanol–water partition coefficient (Wildman–Crippen LogP) is 2.76. The van der Waals surface area contributed by atoms with Crippen molar-refractivity contribution in [1.82, 2.24) is 15.0 Å². The summed E-state index contributed by atoms with van der Waals surface area (Å²) in [6.07, 6.45) is 4.22. The number of rotatable bonds is 4. The van der Waals surface area contributed by atoms with Gasteiger partial charge in [-0.1, -0.05) is 21.1 Å². The van der Waals surface area contributed by atoms with Gasteiger partial charge in [0.2, 0.25) is 0 Å². The molecule has 3 rings (SSSR count). The molecule has 1 aliphatic carbocycles. The molecule has 5 heteroatoms. The van der Waals surface area contributed by atoms with Crippen LogP contribution in [0.3, 0.4) is 0 Å². The van der Waals surface area contributed by atoms with Crippen LogP contribution >= 0.6 is 15.9 Å². The highest BCUT2D eigenvalue weighted by atomic mass is 79.9. The van der Waals surface area contributed by atoms with Crippen molar-refractivity contribution in [2.75, 3.05) is 6.61 Å². The smallest absolute Gasteiger partial charge is 0.113 e. The average Bonchev–Trinajstić information content (AvgIpc) is 2.64. The fraction of sp³-hybridized carbons (Fsp3) is 0.500. The van der Waals surface area contributed by atoms with Gasteiger partial charge in [-0.25, -0.2) is 4.68 Å². The first-order valence-electron chi connectivity index (χ1n) is 5.93. The monoisotopic (exact) mass is 295 g/mol. The quantitative estimate of drug-likeness (QED) is 0.871. The molecule has 0 spiro atoms. The lowest BCUT2D eigenvalue weighted by molar-refractivity contribution is -0.00212. The highest BCUT2D eigenvalue weighted by molar-refractivity contribution is 9.10. The number of benzene rings is 1. The third-order valence-corrected chi connectivity index (χ3v) is 3.68. The van der Waals surface area contributed by atoms with Crippen LogP contribution in [0.2, 0.25) is 0 Å². The Hall–Kier alpha value is -0.940. The first-order valence-corrected chi connectivity index (χ1v) is 6.72. The van der Waals surface area contributed by atoms with Gasteiger partial charge in [-0.15, -0.1) is 5.10 Å². The van der Waals surface area contributed by atoms with Crippen molar-refractivity contribution in [3.05, 3.63) is 22.7 Å². The van der Waals surface area contributed by atoms with Crippen molar-refractivity contribution >= 4 is 27.0 Å². The Kier molecular flexibility index (Phi) is 3.11. The number of fused-ring (bicyclic) bond motifs is 1. The maximum absolute atomic E-state index is 5.73. The molecule has 2 aromatic rings. The Labute approximate surface area is 108 Å². The second kappa shape index (κ2) is 4.74. The summed E-state index contributed by atoms with van der Waals surface area (Å²) >= 11 is 3.46. The molecular weight excluding hydrogens is 282 g/mol. The molecule has 0 unspecified atom stereocenters. The van der Waals surface area contributed by atoms with Crippen LogP contribution in [0.1, 0.15) is 19.3 Å². The predicted molar refractivity (Wildman–Crippen MR) is 68.8 cm³/mol. The van der Waals surface area contributed by atoms with Gasteiger partial charge in [0.1, 0.15) is 5.52 Å². The Morgan fingerprint density at radius 2 is 2.29 bits per heavy atom. The van der Waals surface area contributed by atoms with E-state index in [1.807, 2.05) is 22.9 Å². The summed E-state index contributed by atoms with van der Waals surface area (Å²) in [7, 11) is 0. The van der Waals surface area contributed by atoms with Crippen molar-refractivity contribution in [3.8, 4) is 0 Å². The maximum atomic E-state index is 5.73.